The normalized spacial score (nSPS) is 9.26. The zero-order chi connectivity index (χ0) is 14.3. The van der Waals surface area contributed by atoms with Gasteiger partial charge in [0.15, 0.2) is 0 Å². The van der Waals surface area contributed by atoms with Crippen LogP contribution in [0.2, 0.25) is 0 Å². The maximum Gasteiger partial charge on any atom is 0.257 e. The summed E-state index contributed by atoms with van der Waals surface area (Å²) in [5.74, 6) is -0.306. The van der Waals surface area contributed by atoms with Crippen LogP contribution in [0, 0.1) is 29.6 Å². The van der Waals surface area contributed by atoms with Crippen LogP contribution in [-0.2, 0) is 0 Å². The van der Waals surface area contributed by atoms with Crippen LogP contribution >= 0.6 is 0 Å². The van der Waals surface area contributed by atoms with Gasteiger partial charge in [-0.25, -0.2) is 0 Å². The summed E-state index contributed by atoms with van der Waals surface area (Å²) < 4.78 is 0. The van der Waals surface area contributed by atoms with Crippen molar-refractivity contribution in [2.75, 3.05) is 25.0 Å². The van der Waals surface area contributed by atoms with Crippen LogP contribution in [0.4, 0.5) is 5.69 Å². The number of hydrogen-bond acceptors (Lipinski definition) is 4. The number of carbonyl (C=O) groups is 1. The summed E-state index contributed by atoms with van der Waals surface area (Å²) in [5.41, 5.74) is 2.26. The molecule has 0 aliphatic heterocycles. The third kappa shape index (κ3) is 3.72. The van der Waals surface area contributed by atoms with Crippen molar-refractivity contribution in [3.8, 4) is 12.1 Å². The number of amides is 1. The molecule has 5 nitrogen and oxygen atoms in total. The third-order valence-corrected chi connectivity index (χ3v) is 2.58. The van der Waals surface area contributed by atoms with E-state index in [1.54, 1.807) is 6.07 Å². The van der Waals surface area contributed by atoms with Crippen molar-refractivity contribution < 1.29 is 4.79 Å². The number of rotatable bonds is 5. The lowest BCUT2D eigenvalue weighted by Gasteiger charge is -2.18. The predicted octanol–water partition coefficient (Wildman–Crippen LogP) is 1.92. The summed E-state index contributed by atoms with van der Waals surface area (Å²) >= 11 is 0. The van der Waals surface area contributed by atoms with Gasteiger partial charge in [0.25, 0.3) is 5.91 Å². The van der Waals surface area contributed by atoms with E-state index in [0.29, 0.717) is 12.1 Å². The molecule has 0 atom stereocenters. The second kappa shape index (κ2) is 7.03. The second-order valence-electron chi connectivity index (χ2n) is 4.06. The SMILES string of the molecule is CCNc1cc(C)ccc1C(=O)N(CC#N)CC#N. The van der Waals surface area contributed by atoms with Gasteiger partial charge in [-0.2, -0.15) is 10.5 Å². The largest absolute Gasteiger partial charge is 0.385 e. The molecule has 0 bridgehead atoms. The van der Waals surface area contributed by atoms with Crippen molar-refractivity contribution in [2.45, 2.75) is 13.8 Å². The molecule has 0 saturated carbocycles. The minimum absolute atomic E-state index is 0.0914. The molecule has 0 fully saturated rings. The number of carbonyl (C=O) groups excluding carboxylic acids is 1. The Morgan fingerprint density at radius 1 is 1.32 bits per heavy atom. The molecule has 19 heavy (non-hydrogen) atoms. The van der Waals surface area contributed by atoms with Crippen LogP contribution in [0.3, 0.4) is 0 Å². The predicted molar refractivity (Wildman–Crippen MR) is 72.5 cm³/mol. The molecule has 5 heteroatoms. The van der Waals surface area contributed by atoms with Crippen LogP contribution in [0.25, 0.3) is 0 Å². The molecule has 0 radical (unpaired) electrons. The van der Waals surface area contributed by atoms with Gasteiger partial charge < -0.3 is 10.2 Å². The summed E-state index contributed by atoms with van der Waals surface area (Å²) in [7, 11) is 0. The van der Waals surface area contributed by atoms with E-state index in [1.165, 1.54) is 4.90 Å². The highest BCUT2D eigenvalue weighted by atomic mass is 16.2. The lowest BCUT2D eigenvalue weighted by molar-refractivity contribution is 0.0795. The van der Waals surface area contributed by atoms with Crippen LogP contribution in [0.1, 0.15) is 22.8 Å². The number of nitrogens with one attached hydrogen (secondary N) is 1. The summed E-state index contributed by atoms with van der Waals surface area (Å²) in [6, 6.07) is 9.24. The molecule has 0 aliphatic carbocycles. The van der Waals surface area contributed by atoms with Crippen molar-refractivity contribution in [3.05, 3.63) is 29.3 Å². The average molecular weight is 256 g/mol. The van der Waals surface area contributed by atoms with Gasteiger partial charge in [-0.3, -0.25) is 4.79 Å². The Kier molecular flexibility index (Phi) is 5.37. The van der Waals surface area contributed by atoms with Gasteiger partial charge in [-0.05, 0) is 31.5 Å². The van der Waals surface area contributed by atoms with E-state index in [4.69, 9.17) is 10.5 Å². The number of anilines is 1. The van der Waals surface area contributed by atoms with Crippen molar-refractivity contribution in [1.82, 2.24) is 4.90 Å². The van der Waals surface area contributed by atoms with E-state index in [-0.39, 0.29) is 19.0 Å². The Morgan fingerprint density at radius 3 is 2.47 bits per heavy atom. The standard InChI is InChI=1S/C14H16N4O/c1-3-17-13-10-11(2)4-5-12(13)14(19)18(8-6-15)9-7-16/h4-5,10,17H,3,8-9H2,1-2H3. The average Bonchev–Trinajstić information content (AvgIpc) is 2.38. The van der Waals surface area contributed by atoms with Crippen LogP contribution in [0.15, 0.2) is 18.2 Å². The Labute approximate surface area is 113 Å². The second-order valence-corrected chi connectivity index (χ2v) is 4.06. The summed E-state index contributed by atoms with van der Waals surface area (Å²) in [6.07, 6.45) is 0. The van der Waals surface area contributed by atoms with Gasteiger partial charge >= 0.3 is 0 Å². The van der Waals surface area contributed by atoms with Gasteiger partial charge in [-0.1, -0.05) is 6.07 Å². The van der Waals surface area contributed by atoms with E-state index >= 15 is 0 Å². The number of nitrogens with zero attached hydrogens (tertiary/aromatic N) is 3. The molecule has 1 N–H and O–H groups in total. The smallest absolute Gasteiger partial charge is 0.257 e. The summed E-state index contributed by atoms with van der Waals surface area (Å²) in [5, 5.41) is 20.5. The van der Waals surface area contributed by atoms with E-state index < -0.39 is 0 Å². The molecule has 98 valence electrons. The molecule has 0 aliphatic rings. The van der Waals surface area contributed by atoms with Gasteiger partial charge in [0.05, 0.1) is 17.7 Å². The molecule has 1 amide bonds. The van der Waals surface area contributed by atoms with Crippen molar-refractivity contribution in [1.29, 1.82) is 10.5 Å². The Morgan fingerprint density at radius 2 is 1.95 bits per heavy atom. The Bertz CT molecular complexity index is 523. The first-order valence-corrected chi connectivity index (χ1v) is 6.01. The monoisotopic (exact) mass is 256 g/mol. The maximum absolute atomic E-state index is 12.3. The highest BCUT2D eigenvalue weighted by Crippen LogP contribution is 2.19. The molecule has 1 aromatic carbocycles. The molecule has 0 saturated heterocycles. The highest BCUT2D eigenvalue weighted by Gasteiger charge is 2.18. The Balaban J connectivity index is 3.10. The summed E-state index contributed by atoms with van der Waals surface area (Å²) in [4.78, 5) is 13.5. The third-order valence-electron chi connectivity index (χ3n) is 2.58. The maximum atomic E-state index is 12.3. The first-order valence-electron chi connectivity index (χ1n) is 6.01. The minimum Gasteiger partial charge on any atom is -0.385 e. The van der Waals surface area contributed by atoms with Gasteiger partial charge in [0.1, 0.15) is 13.1 Å². The van der Waals surface area contributed by atoms with E-state index in [0.717, 1.165) is 11.3 Å². The molecular weight excluding hydrogens is 240 g/mol. The molecule has 0 heterocycles. The van der Waals surface area contributed by atoms with Gasteiger partial charge in [-0.15, -0.1) is 0 Å². The van der Waals surface area contributed by atoms with E-state index in [9.17, 15) is 4.79 Å². The quantitative estimate of drug-likeness (QED) is 0.816. The Hall–Kier alpha value is -2.53. The van der Waals surface area contributed by atoms with E-state index in [1.807, 2.05) is 38.1 Å². The molecule has 1 aromatic rings. The number of nitriles is 2. The van der Waals surface area contributed by atoms with E-state index in [2.05, 4.69) is 5.32 Å². The summed E-state index contributed by atoms with van der Waals surface area (Å²) in [6.45, 7) is 4.40. The minimum atomic E-state index is -0.306. The zero-order valence-electron chi connectivity index (χ0n) is 11.1. The lowest BCUT2D eigenvalue weighted by Crippen LogP contribution is -2.32. The van der Waals surface area contributed by atoms with Crippen LogP contribution in [0.5, 0.6) is 0 Å². The van der Waals surface area contributed by atoms with Crippen LogP contribution < -0.4 is 5.32 Å². The highest BCUT2D eigenvalue weighted by molar-refractivity contribution is 6.00. The van der Waals surface area contributed by atoms with Gasteiger partial charge in [0.2, 0.25) is 0 Å². The fourth-order valence-electron chi connectivity index (χ4n) is 1.72. The molecule has 0 spiro atoms. The first-order chi connectivity index (χ1) is 9.13. The lowest BCUT2D eigenvalue weighted by atomic mass is 10.1. The van der Waals surface area contributed by atoms with Crippen molar-refractivity contribution >= 4 is 11.6 Å². The topological polar surface area (TPSA) is 79.9 Å². The fraction of sp³-hybridized carbons (Fsp3) is 0.357. The van der Waals surface area contributed by atoms with Gasteiger partial charge in [0, 0.05) is 12.2 Å². The van der Waals surface area contributed by atoms with Crippen molar-refractivity contribution in [2.24, 2.45) is 0 Å². The number of benzene rings is 1. The number of aryl methyl sites for hydroxylation is 1. The molecule has 0 aromatic heterocycles. The molecule has 0 unspecified atom stereocenters. The number of hydrogen-bond donors (Lipinski definition) is 1. The first kappa shape index (κ1) is 14.5. The molecule has 1 rings (SSSR count). The zero-order valence-corrected chi connectivity index (χ0v) is 11.1. The van der Waals surface area contributed by atoms with Crippen molar-refractivity contribution in [3.63, 3.8) is 0 Å². The molecular formula is C14H16N4O. The fourth-order valence-corrected chi connectivity index (χ4v) is 1.72. The van der Waals surface area contributed by atoms with Crippen LogP contribution in [-0.4, -0.2) is 30.4 Å².